The first-order valence-electron chi connectivity index (χ1n) is 7.96. The number of aromatic nitrogens is 2. The molecule has 0 radical (unpaired) electrons. The van der Waals surface area contributed by atoms with E-state index in [1.54, 1.807) is 36.4 Å². The summed E-state index contributed by atoms with van der Waals surface area (Å²) in [5, 5.41) is 14.5. The molecule has 0 aliphatic heterocycles. The lowest BCUT2D eigenvalue weighted by Crippen LogP contribution is -2.14. The van der Waals surface area contributed by atoms with Crippen LogP contribution in [-0.2, 0) is 0 Å². The first-order valence-corrected chi connectivity index (χ1v) is 8.34. The van der Waals surface area contributed by atoms with Crippen LogP contribution in [0.5, 0.6) is 0 Å². The molecule has 6 nitrogen and oxygen atoms in total. The van der Waals surface area contributed by atoms with Crippen LogP contribution in [0, 0.1) is 0 Å². The number of carbonyl (C=O) groups is 1. The number of hydrogen-bond donors (Lipinski definition) is 2. The summed E-state index contributed by atoms with van der Waals surface area (Å²) in [7, 11) is 3.97. The number of nitrogens with one attached hydrogen (secondary N) is 2. The van der Waals surface area contributed by atoms with E-state index >= 15 is 0 Å². The number of halogens is 1. The van der Waals surface area contributed by atoms with E-state index in [0.717, 1.165) is 11.4 Å². The van der Waals surface area contributed by atoms with Crippen molar-refractivity contribution in [2.75, 3.05) is 29.6 Å². The lowest BCUT2D eigenvalue weighted by atomic mass is 10.2. The Kier molecular flexibility index (Phi) is 5.34. The smallest absolute Gasteiger partial charge is 0.276 e. The Bertz CT molecular complexity index is 895. The van der Waals surface area contributed by atoms with Crippen molar-refractivity contribution >= 4 is 40.4 Å². The molecule has 26 heavy (non-hydrogen) atoms. The van der Waals surface area contributed by atoms with Crippen molar-refractivity contribution in [3.63, 3.8) is 0 Å². The zero-order valence-electron chi connectivity index (χ0n) is 14.4. The number of hydrogen-bond acceptors (Lipinski definition) is 5. The molecule has 132 valence electrons. The van der Waals surface area contributed by atoms with Gasteiger partial charge in [0.25, 0.3) is 5.91 Å². The predicted molar refractivity (Wildman–Crippen MR) is 105 cm³/mol. The summed E-state index contributed by atoms with van der Waals surface area (Å²) in [5.74, 6) is 0.212. The summed E-state index contributed by atoms with van der Waals surface area (Å²) < 4.78 is 0. The summed E-state index contributed by atoms with van der Waals surface area (Å²) in [5.41, 5.74) is 2.82. The van der Waals surface area contributed by atoms with Crippen molar-refractivity contribution in [2.24, 2.45) is 0 Å². The molecule has 0 aliphatic rings. The van der Waals surface area contributed by atoms with E-state index in [1.165, 1.54) is 0 Å². The highest BCUT2D eigenvalue weighted by atomic mass is 35.5. The Morgan fingerprint density at radius 1 is 0.962 bits per heavy atom. The Hall–Kier alpha value is -3.12. The average Bonchev–Trinajstić information content (AvgIpc) is 2.63. The van der Waals surface area contributed by atoms with Gasteiger partial charge in [0.15, 0.2) is 11.5 Å². The van der Waals surface area contributed by atoms with Gasteiger partial charge in [0.05, 0.1) is 0 Å². The van der Waals surface area contributed by atoms with Crippen molar-refractivity contribution in [1.29, 1.82) is 0 Å². The molecule has 0 spiro atoms. The molecular formula is C19H18ClN5O. The Balaban J connectivity index is 1.65. The second-order valence-corrected chi connectivity index (χ2v) is 6.27. The van der Waals surface area contributed by atoms with Gasteiger partial charge in [-0.1, -0.05) is 17.7 Å². The van der Waals surface area contributed by atoms with E-state index < -0.39 is 0 Å². The number of anilines is 4. The second-order valence-electron chi connectivity index (χ2n) is 5.83. The van der Waals surface area contributed by atoms with Crippen LogP contribution >= 0.6 is 11.6 Å². The first kappa shape index (κ1) is 17.7. The van der Waals surface area contributed by atoms with Crippen LogP contribution in [0.15, 0.2) is 60.7 Å². The van der Waals surface area contributed by atoms with Gasteiger partial charge in [-0.3, -0.25) is 4.79 Å². The molecule has 3 aromatic rings. The summed E-state index contributed by atoms with van der Waals surface area (Å²) in [6.07, 6.45) is 0. The van der Waals surface area contributed by atoms with Gasteiger partial charge in [-0.25, -0.2) is 0 Å². The molecule has 0 saturated heterocycles. The maximum atomic E-state index is 12.2. The van der Waals surface area contributed by atoms with Crippen molar-refractivity contribution in [2.45, 2.75) is 0 Å². The largest absolute Gasteiger partial charge is 0.378 e. The van der Waals surface area contributed by atoms with Crippen LogP contribution in [0.3, 0.4) is 0 Å². The fourth-order valence-corrected chi connectivity index (χ4v) is 2.46. The topological polar surface area (TPSA) is 70.2 Å². The van der Waals surface area contributed by atoms with Crippen LogP contribution in [0.4, 0.5) is 22.9 Å². The standard InChI is InChI=1S/C19H18ClN5O/c1-25(2)16-8-6-14(7-9-16)21-18-11-10-17(23-24-18)19(26)22-15-5-3-4-13(20)12-15/h3-12H,1-2H3,(H,21,24)(H,22,26). The van der Waals surface area contributed by atoms with Crippen molar-refractivity contribution in [3.8, 4) is 0 Å². The lowest BCUT2D eigenvalue weighted by molar-refractivity contribution is 0.102. The molecule has 1 heterocycles. The van der Waals surface area contributed by atoms with Crippen molar-refractivity contribution in [3.05, 3.63) is 71.4 Å². The summed E-state index contributed by atoms with van der Waals surface area (Å²) >= 11 is 5.91. The minimum Gasteiger partial charge on any atom is -0.378 e. The maximum absolute atomic E-state index is 12.2. The normalized spacial score (nSPS) is 10.3. The van der Waals surface area contributed by atoms with E-state index in [2.05, 4.69) is 20.8 Å². The molecule has 0 fully saturated rings. The van der Waals surface area contributed by atoms with Gasteiger partial charge in [-0.05, 0) is 54.6 Å². The maximum Gasteiger partial charge on any atom is 0.276 e. The van der Waals surface area contributed by atoms with E-state index in [1.807, 2.05) is 43.3 Å². The fraction of sp³-hybridized carbons (Fsp3) is 0.105. The fourth-order valence-electron chi connectivity index (χ4n) is 2.27. The van der Waals surface area contributed by atoms with Gasteiger partial charge in [-0.15, -0.1) is 10.2 Å². The van der Waals surface area contributed by atoms with Crippen LogP contribution in [0.25, 0.3) is 0 Å². The number of rotatable bonds is 5. The van der Waals surface area contributed by atoms with Gasteiger partial charge in [0.2, 0.25) is 0 Å². The monoisotopic (exact) mass is 367 g/mol. The lowest BCUT2D eigenvalue weighted by Gasteiger charge is -2.13. The molecule has 1 aromatic heterocycles. The van der Waals surface area contributed by atoms with Crippen molar-refractivity contribution < 1.29 is 4.79 Å². The number of nitrogens with zero attached hydrogens (tertiary/aromatic N) is 3. The first-order chi connectivity index (χ1) is 12.5. The summed E-state index contributed by atoms with van der Waals surface area (Å²) in [6, 6.07) is 18.2. The number of amides is 1. The van der Waals surface area contributed by atoms with Gasteiger partial charge < -0.3 is 15.5 Å². The molecule has 0 aliphatic carbocycles. The van der Waals surface area contributed by atoms with Crippen LogP contribution < -0.4 is 15.5 Å². The quantitative estimate of drug-likeness (QED) is 0.707. The zero-order chi connectivity index (χ0) is 18.5. The van der Waals surface area contributed by atoms with Crippen LogP contribution in [0.2, 0.25) is 5.02 Å². The molecule has 3 rings (SSSR count). The number of benzene rings is 2. The Labute approximate surface area is 156 Å². The zero-order valence-corrected chi connectivity index (χ0v) is 15.2. The SMILES string of the molecule is CN(C)c1ccc(Nc2ccc(C(=O)Nc3cccc(Cl)c3)nn2)cc1. The van der Waals surface area contributed by atoms with E-state index in [9.17, 15) is 4.79 Å². The highest BCUT2D eigenvalue weighted by Gasteiger charge is 2.09. The molecule has 2 N–H and O–H groups in total. The average molecular weight is 368 g/mol. The third-order valence-electron chi connectivity index (χ3n) is 3.64. The van der Waals surface area contributed by atoms with Gasteiger partial charge in [0, 0.05) is 36.2 Å². The third-order valence-corrected chi connectivity index (χ3v) is 3.87. The van der Waals surface area contributed by atoms with Crippen LogP contribution in [0.1, 0.15) is 10.5 Å². The summed E-state index contributed by atoms with van der Waals surface area (Å²) in [4.78, 5) is 14.2. The highest BCUT2D eigenvalue weighted by molar-refractivity contribution is 6.30. The van der Waals surface area contributed by atoms with Gasteiger partial charge in [-0.2, -0.15) is 0 Å². The van der Waals surface area contributed by atoms with Crippen molar-refractivity contribution in [1.82, 2.24) is 10.2 Å². The van der Waals surface area contributed by atoms with Crippen LogP contribution in [-0.4, -0.2) is 30.2 Å². The second kappa shape index (κ2) is 7.84. The number of carbonyl (C=O) groups excluding carboxylic acids is 1. The Morgan fingerprint density at radius 2 is 1.73 bits per heavy atom. The minimum absolute atomic E-state index is 0.221. The summed E-state index contributed by atoms with van der Waals surface area (Å²) in [6.45, 7) is 0. The van der Waals surface area contributed by atoms with E-state index in [0.29, 0.717) is 16.5 Å². The molecule has 0 unspecified atom stereocenters. The molecule has 0 atom stereocenters. The third kappa shape index (κ3) is 4.49. The molecule has 1 amide bonds. The highest BCUT2D eigenvalue weighted by Crippen LogP contribution is 2.19. The molecule has 2 aromatic carbocycles. The Morgan fingerprint density at radius 3 is 2.35 bits per heavy atom. The molecule has 0 saturated carbocycles. The van der Waals surface area contributed by atoms with E-state index in [4.69, 9.17) is 11.6 Å². The molecular weight excluding hydrogens is 350 g/mol. The van der Waals surface area contributed by atoms with Gasteiger partial charge >= 0.3 is 0 Å². The molecule has 0 bridgehead atoms. The van der Waals surface area contributed by atoms with Gasteiger partial charge in [0.1, 0.15) is 0 Å². The molecule has 7 heteroatoms. The van der Waals surface area contributed by atoms with E-state index in [-0.39, 0.29) is 11.6 Å². The minimum atomic E-state index is -0.346. The predicted octanol–water partition coefficient (Wildman–Crippen LogP) is 4.19.